The standard InChI is InChI=1S/C14H26N2/c1-3-4-7-10-16-12-14(8-5-6-9-14)15-11-13(16)2/h3-4,13,15H,5-12H2,1-2H3/b4-3+. The summed E-state index contributed by atoms with van der Waals surface area (Å²) in [5.41, 5.74) is 0.475. The Morgan fingerprint density at radius 3 is 2.81 bits per heavy atom. The molecule has 1 heterocycles. The lowest BCUT2D eigenvalue weighted by Gasteiger charge is -2.45. The predicted octanol–water partition coefficient (Wildman–Crippen LogP) is 2.56. The third kappa shape index (κ3) is 2.67. The molecule has 1 aliphatic carbocycles. The smallest absolute Gasteiger partial charge is 0.0309 e. The van der Waals surface area contributed by atoms with Gasteiger partial charge in [0.05, 0.1) is 0 Å². The second kappa shape index (κ2) is 5.33. The van der Waals surface area contributed by atoms with E-state index in [1.165, 1.54) is 51.7 Å². The van der Waals surface area contributed by atoms with Crippen molar-refractivity contribution >= 4 is 0 Å². The van der Waals surface area contributed by atoms with E-state index >= 15 is 0 Å². The Morgan fingerprint density at radius 1 is 1.38 bits per heavy atom. The van der Waals surface area contributed by atoms with Crippen LogP contribution in [0.2, 0.25) is 0 Å². The van der Waals surface area contributed by atoms with Gasteiger partial charge in [-0.15, -0.1) is 0 Å². The van der Waals surface area contributed by atoms with Crippen molar-refractivity contribution in [3.05, 3.63) is 12.2 Å². The summed E-state index contributed by atoms with van der Waals surface area (Å²) in [5, 5.41) is 3.80. The van der Waals surface area contributed by atoms with Crippen LogP contribution >= 0.6 is 0 Å². The van der Waals surface area contributed by atoms with Crippen LogP contribution in [0.15, 0.2) is 12.2 Å². The Hall–Kier alpha value is -0.340. The van der Waals surface area contributed by atoms with Gasteiger partial charge in [-0.25, -0.2) is 0 Å². The van der Waals surface area contributed by atoms with E-state index in [9.17, 15) is 0 Å². The van der Waals surface area contributed by atoms with E-state index in [4.69, 9.17) is 0 Å². The fourth-order valence-electron chi connectivity index (χ4n) is 3.19. The number of allylic oxidation sites excluding steroid dienone is 1. The molecular weight excluding hydrogens is 196 g/mol. The number of nitrogens with zero attached hydrogens (tertiary/aromatic N) is 1. The van der Waals surface area contributed by atoms with Crippen molar-refractivity contribution in [1.82, 2.24) is 10.2 Å². The first-order valence-corrected chi connectivity index (χ1v) is 6.86. The van der Waals surface area contributed by atoms with Gasteiger partial charge >= 0.3 is 0 Å². The zero-order valence-electron chi connectivity index (χ0n) is 10.8. The molecule has 0 aromatic rings. The van der Waals surface area contributed by atoms with Crippen LogP contribution in [0.5, 0.6) is 0 Å². The maximum atomic E-state index is 3.80. The van der Waals surface area contributed by atoms with Gasteiger partial charge in [0.25, 0.3) is 0 Å². The largest absolute Gasteiger partial charge is 0.308 e. The molecule has 1 saturated heterocycles. The van der Waals surface area contributed by atoms with Crippen molar-refractivity contribution in [2.24, 2.45) is 0 Å². The number of hydrogen-bond acceptors (Lipinski definition) is 2. The molecule has 0 bridgehead atoms. The third-order valence-corrected chi connectivity index (χ3v) is 4.28. The van der Waals surface area contributed by atoms with E-state index in [2.05, 4.69) is 36.2 Å². The molecule has 1 atom stereocenters. The average molecular weight is 222 g/mol. The van der Waals surface area contributed by atoms with Crippen LogP contribution in [-0.2, 0) is 0 Å². The zero-order valence-corrected chi connectivity index (χ0v) is 10.8. The Kier molecular flexibility index (Phi) is 4.04. The van der Waals surface area contributed by atoms with Crippen molar-refractivity contribution < 1.29 is 0 Å². The van der Waals surface area contributed by atoms with Crippen molar-refractivity contribution in [3.63, 3.8) is 0 Å². The SMILES string of the molecule is C/C=C/CCN1CC2(CCCC2)NCC1C. The molecule has 0 radical (unpaired) electrons. The highest BCUT2D eigenvalue weighted by Crippen LogP contribution is 2.33. The molecule has 1 aliphatic heterocycles. The van der Waals surface area contributed by atoms with Gasteiger partial charge < -0.3 is 5.32 Å². The summed E-state index contributed by atoms with van der Waals surface area (Å²) in [6.45, 7) is 8.14. The van der Waals surface area contributed by atoms with E-state index in [0.29, 0.717) is 11.6 Å². The monoisotopic (exact) mass is 222 g/mol. The van der Waals surface area contributed by atoms with Gasteiger partial charge in [0.2, 0.25) is 0 Å². The van der Waals surface area contributed by atoms with Crippen LogP contribution in [0.25, 0.3) is 0 Å². The van der Waals surface area contributed by atoms with Crippen LogP contribution in [0.3, 0.4) is 0 Å². The number of piperazine rings is 1. The Bertz CT molecular complexity index is 241. The van der Waals surface area contributed by atoms with Crippen molar-refractivity contribution in [1.29, 1.82) is 0 Å². The van der Waals surface area contributed by atoms with Gasteiger partial charge in [-0.2, -0.15) is 0 Å². The van der Waals surface area contributed by atoms with Crippen LogP contribution in [-0.4, -0.2) is 36.1 Å². The lowest BCUT2D eigenvalue weighted by atomic mass is 9.92. The summed E-state index contributed by atoms with van der Waals surface area (Å²) in [6, 6.07) is 0.705. The molecule has 16 heavy (non-hydrogen) atoms. The van der Waals surface area contributed by atoms with Gasteiger partial charge in [-0.3, -0.25) is 4.90 Å². The van der Waals surface area contributed by atoms with Crippen molar-refractivity contribution in [2.75, 3.05) is 19.6 Å². The molecule has 92 valence electrons. The Balaban J connectivity index is 1.89. The van der Waals surface area contributed by atoms with Gasteiger partial charge in [0.1, 0.15) is 0 Å². The normalized spacial score (nSPS) is 30.5. The molecule has 2 fully saturated rings. The summed E-state index contributed by atoms with van der Waals surface area (Å²) in [6.07, 6.45) is 11.3. The zero-order chi connectivity index (χ0) is 11.4. The highest BCUT2D eigenvalue weighted by molar-refractivity contribution is 5.00. The number of rotatable bonds is 3. The lowest BCUT2D eigenvalue weighted by molar-refractivity contribution is 0.0909. The van der Waals surface area contributed by atoms with E-state index in [-0.39, 0.29) is 0 Å². The quantitative estimate of drug-likeness (QED) is 0.738. The fraction of sp³-hybridized carbons (Fsp3) is 0.857. The first-order chi connectivity index (χ1) is 7.76. The van der Waals surface area contributed by atoms with E-state index in [0.717, 1.165) is 0 Å². The maximum Gasteiger partial charge on any atom is 0.0309 e. The molecule has 1 unspecified atom stereocenters. The first-order valence-electron chi connectivity index (χ1n) is 6.86. The average Bonchev–Trinajstić information content (AvgIpc) is 2.73. The molecule has 2 aliphatic rings. The van der Waals surface area contributed by atoms with Crippen LogP contribution in [0, 0.1) is 0 Å². The predicted molar refractivity (Wildman–Crippen MR) is 69.7 cm³/mol. The molecule has 2 nitrogen and oxygen atoms in total. The van der Waals surface area contributed by atoms with Crippen LogP contribution in [0.4, 0.5) is 0 Å². The number of nitrogens with one attached hydrogen (secondary N) is 1. The Morgan fingerprint density at radius 2 is 2.12 bits per heavy atom. The van der Waals surface area contributed by atoms with Crippen LogP contribution in [0.1, 0.15) is 46.0 Å². The van der Waals surface area contributed by atoms with E-state index < -0.39 is 0 Å². The molecule has 1 N–H and O–H groups in total. The molecule has 0 aromatic carbocycles. The van der Waals surface area contributed by atoms with Gasteiger partial charge in [-0.1, -0.05) is 25.0 Å². The summed E-state index contributed by atoms with van der Waals surface area (Å²) in [7, 11) is 0. The summed E-state index contributed by atoms with van der Waals surface area (Å²) in [4.78, 5) is 2.68. The van der Waals surface area contributed by atoms with Gasteiger partial charge in [0, 0.05) is 31.2 Å². The minimum absolute atomic E-state index is 0.475. The second-order valence-electron chi connectivity index (χ2n) is 5.55. The minimum atomic E-state index is 0.475. The van der Waals surface area contributed by atoms with E-state index in [1.54, 1.807) is 0 Å². The molecule has 0 amide bonds. The molecule has 2 heteroatoms. The minimum Gasteiger partial charge on any atom is -0.308 e. The Labute approximate surface area is 100 Å². The lowest BCUT2D eigenvalue weighted by Crippen LogP contribution is -2.62. The third-order valence-electron chi connectivity index (χ3n) is 4.28. The summed E-state index contributed by atoms with van der Waals surface area (Å²) < 4.78 is 0. The fourth-order valence-corrected chi connectivity index (χ4v) is 3.19. The topological polar surface area (TPSA) is 15.3 Å². The first kappa shape index (κ1) is 12.1. The van der Waals surface area contributed by atoms with E-state index in [1.807, 2.05) is 0 Å². The number of hydrogen-bond donors (Lipinski definition) is 1. The van der Waals surface area contributed by atoms with Gasteiger partial charge in [-0.05, 0) is 33.1 Å². The summed E-state index contributed by atoms with van der Waals surface area (Å²) in [5.74, 6) is 0. The molecule has 1 spiro atoms. The van der Waals surface area contributed by atoms with Gasteiger partial charge in [0.15, 0.2) is 0 Å². The summed E-state index contributed by atoms with van der Waals surface area (Å²) >= 11 is 0. The second-order valence-corrected chi connectivity index (χ2v) is 5.55. The molecule has 1 saturated carbocycles. The van der Waals surface area contributed by atoms with Crippen molar-refractivity contribution in [3.8, 4) is 0 Å². The van der Waals surface area contributed by atoms with Crippen molar-refractivity contribution in [2.45, 2.75) is 57.5 Å². The maximum absolute atomic E-state index is 3.80. The molecule has 0 aromatic heterocycles. The molecular formula is C14H26N2. The highest BCUT2D eigenvalue weighted by Gasteiger charge is 2.39. The highest BCUT2D eigenvalue weighted by atomic mass is 15.2. The molecule has 2 rings (SSSR count). The van der Waals surface area contributed by atoms with Crippen LogP contribution < -0.4 is 5.32 Å².